The van der Waals surface area contributed by atoms with Crippen LogP contribution in [0.4, 0.5) is 5.82 Å². The van der Waals surface area contributed by atoms with Crippen LogP contribution >= 0.6 is 0 Å². The van der Waals surface area contributed by atoms with Crippen molar-refractivity contribution in [3.05, 3.63) is 99.6 Å². The van der Waals surface area contributed by atoms with Gasteiger partial charge < -0.3 is 13.7 Å². The number of hydrogen-bond acceptors (Lipinski definition) is 6. The van der Waals surface area contributed by atoms with Gasteiger partial charge in [-0.05, 0) is 42.5 Å². The van der Waals surface area contributed by atoms with E-state index in [1.54, 1.807) is 19.1 Å². The molecule has 3 heterocycles. The van der Waals surface area contributed by atoms with E-state index >= 15 is 0 Å². The molecule has 7 heteroatoms. The van der Waals surface area contributed by atoms with Crippen LogP contribution in [0.25, 0.3) is 21.7 Å². The van der Waals surface area contributed by atoms with Crippen LogP contribution in [0.3, 0.4) is 0 Å². The third-order valence-corrected chi connectivity index (χ3v) is 6.29. The van der Waals surface area contributed by atoms with E-state index in [9.17, 15) is 9.59 Å². The highest BCUT2D eigenvalue weighted by atomic mass is 16.5. The van der Waals surface area contributed by atoms with Crippen molar-refractivity contribution in [2.75, 3.05) is 11.5 Å². The lowest BCUT2D eigenvalue weighted by Crippen LogP contribution is -2.29. The number of aromatic nitrogens is 1. The summed E-state index contributed by atoms with van der Waals surface area (Å²) in [6, 6.07) is 19.7. The molecule has 0 spiro atoms. The normalized spacial score (nSPS) is 15.2. The van der Waals surface area contributed by atoms with Crippen molar-refractivity contribution in [2.45, 2.75) is 26.3 Å². The molecule has 6 rings (SSSR count). The van der Waals surface area contributed by atoms with Gasteiger partial charge in [0.1, 0.15) is 17.1 Å². The minimum atomic E-state index is -0.714. The van der Waals surface area contributed by atoms with Crippen LogP contribution in [-0.4, -0.2) is 17.7 Å². The van der Waals surface area contributed by atoms with Gasteiger partial charge in [0.25, 0.3) is 5.91 Å². The largest absolute Gasteiger partial charge is 0.494 e. The lowest BCUT2D eigenvalue weighted by molar-refractivity contribution is 0.0969. The second kappa shape index (κ2) is 8.13. The summed E-state index contributed by atoms with van der Waals surface area (Å²) in [7, 11) is 0. The topological polar surface area (TPSA) is 85.8 Å². The maximum Gasteiger partial charge on any atom is 0.296 e. The van der Waals surface area contributed by atoms with Crippen molar-refractivity contribution in [3.8, 4) is 5.75 Å². The number of carbonyl (C=O) groups is 1. The van der Waals surface area contributed by atoms with Crippen LogP contribution in [0.2, 0.25) is 0 Å². The number of ether oxygens (including phenoxy) is 1. The molecule has 1 amide bonds. The van der Waals surface area contributed by atoms with Crippen LogP contribution in [0.1, 0.15) is 46.8 Å². The van der Waals surface area contributed by atoms with E-state index in [0.29, 0.717) is 34.7 Å². The Morgan fingerprint density at radius 3 is 2.54 bits per heavy atom. The molecule has 1 aliphatic heterocycles. The summed E-state index contributed by atoms with van der Waals surface area (Å²) in [6.07, 6.45) is 0.897. The van der Waals surface area contributed by atoms with Crippen LogP contribution in [0.15, 0.2) is 80.5 Å². The number of carbonyl (C=O) groups excluding carboxylic acids is 1. The van der Waals surface area contributed by atoms with E-state index in [1.807, 2.05) is 61.5 Å². The van der Waals surface area contributed by atoms with Gasteiger partial charge in [-0.25, -0.2) is 0 Å². The van der Waals surface area contributed by atoms with Gasteiger partial charge in [0.15, 0.2) is 11.2 Å². The molecule has 1 atom stereocenters. The zero-order valence-corrected chi connectivity index (χ0v) is 19.3. The first-order valence-corrected chi connectivity index (χ1v) is 11.5. The van der Waals surface area contributed by atoms with Crippen LogP contribution in [0.5, 0.6) is 5.75 Å². The Balaban J connectivity index is 1.59. The third-order valence-electron chi connectivity index (χ3n) is 6.29. The van der Waals surface area contributed by atoms with Crippen LogP contribution < -0.4 is 15.1 Å². The number of anilines is 1. The first-order valence-electron chi connectivity index (χ1n) is 11.5. The van der Waals surface area contributed by atoms with Crippen LogP contribution in [-0.2, 0) is 0 Å². The predicted molar refractivity (Wildman–Crippen MR) is 132 cm³/mol. The van der Waals surface area contributed by atoms with E-state index in [0.717, 1.165) is 28.5 Å². The Kier molecular flexibility index (Phi) is 4.91. The number of nitrogens with zero attached hydrogens (tertiary/aromatic N) is 2. The van der Waals surface area contributed by atoms with Gasteiger partial charge in [-0.15, -0.1) is 0 Å². The Bertz CT molecular complexity index is 1650. The second-order valence-corrected chi connectivity index (χ2v) is 8.63. The number of benzene rings is 3. The molecule has 0 fully saturated rings. The second-order valence-electron chi connectivity index (χ2n) is 8.63. The molecule has 5 aromatic rings. The van der Waals surface area contributed by atoms with E-state index in [-0.39, 0.29) is 11.2 Å². The molecular weight excluding hydrogens is 444 g/mol. The first kappa shape index (κ1) is 21.2. The standard InChI is InChI=1S/C28H22N2O5/c1-3-14-33-19-11-8-18(9-12-19)24-23-25(31)21-13-10-17-6-4-5-7-20(17)26(21)34-27(23)28(32)30(24)22-15-16(2)35-29-22/h4-13,15,24H,3,14H2,1-2H3/t24-/m1/s1. The van der Waals surface area contributed by atoms with Gasteiger partial charge in [0.2, 0.25) is 5.76 Å². The van der Waals surface area contributed by atoms with Crippen molar-refractivity contribution in [3.63, 3.8) is 0 Å². The lowest BCUT2D eigenvalue weighted by atomic mass is 9.97. The quantitative estimate of drug-likeness (QED) is 0.305. The van der Waals surface area contributed by atoms with Gasteiger partial charge in [-0.1, -0.05) is 54.5 Å². The average molecular weight is 466 g/mol. The number of rotatable bonds is 5. The molecule has 0 unspecified atom stereocenters. The number of aryl methyl sites for hydroxylation is 1. The Morgan fingerprint density at radius 2 is 1.80 bits per heavy atom. The number of fused-ring (bicyclic) bond motifs is 4. The minimum Gasteiger partial charge on any atom is -0.494 e. The van der Waals surface area contributed by atoms with Crippen molar-refractivity contribution < 1.29 is 18.5 Å². The van der Waals surface area contributed by atoms with E-state index in [4.69, 9.17) is 13.7 Å². The molecule has 0 aliphatic carbocycles. The van der Waals surface area contributed by atoms with Gasteiger partial charge in [-0.2, -0.15) is 0 Å². The highest BCUT2D eigenvalue weighted by molar-refractivity contribution is 6.12. The molecular formula is C28H22N2O5. The molecule has 2 aromatic heterocycles. The van der Waals surface area contributed by atoms with Crippen molar-refractivity contribution >= 4 is 33.5 Å². The zero-order valence-electron chi connectivity index (χ0n) is 19.3. The van der Waals surface area contributed by atoms with Gasteiger partial charge in [0.05, 0.1) is 23.6 Å². The molecule has 0 N–H and O–H groups in total. The minimum absolute atomic E-state index is 0.0239. The predicted octanol–water partition coefficient (Wildman–Crippen LogP) is 5.78. The monoisotopic (exact) mass is 466 g/mol. The van der Waals surface area contributed by atoms with Crippen LogP contribution in [0, 0.1) is 6.92 Å². The summed E-state index contributed by atoms with van der Waals surface area (Å²) >= 11 is 0. The molecule has 174 valence electrons. The average Bonchev–Trinajstić information content (AvgIpc) is 3.43. The van der Waals surface area contributed by atoms with Gasteiger partial charge in [0, 0.05) is 11.5 Å². The van der Waals surface area contributed by atoms with E-state index in [2.05, 4.69) is 5.16 Å². The maximum atomic E-state index is 13.9. The molecule has 1 aliphatic rings. The summed E-state index contributed by atoms with van der Waals surface area (Å²) < 4.78 is 17.2. The van der Waals surface area contributed by atoms with Gasteiger partial charge >= 0.3 is 0 Å². The summed E-state index contributed by atoms with van der Waals surface area (Å²) in [4.78, 5) is 29.1. The summed E-state index contributed by atoms with van der Waals surface area (Å²) in [5.41, 5.74) is 1.20. The van der Waals surface area contributed by atoms with Crippen molar-refractivity contribution in [1.82, 2.24) is 5.16 Å². The Morgan fingerprint density at radius 1 is 1.00 bits per heavy atom. The van der Waals surface area contributed by atoms with Crippen molar-refractivity contribution in [2.24, 2.45) is 0 Å². The molecule has 0 saturated heterocycles. The SMILES string of the molecule is CCCOc1ccc([C@@H]2c3c(oc4c(ccc5ccccc54)c3=O)C(=O)N2c2cc(C)on2)cc1. The first-order chi connectivity index (χ1) is 17.1. The molecule has 0 bridgehead atoms. The zero-order chi connectivity index (χ0) is 24.1. The summed E-state index contributed by atoms with van der Waals surface area (Å²) in [5.74, 6) is 1.19. The smallest absolute Gasteiger partial charge is 0.296 e. The molecule has 7 nitrogen and oxygen atoms in total. The lowest BCUT2D eigenvalue weighted by Gasteiger charge is -2.22. The fourth-order valence-electron chi connectivity index (χ4n) is 4.69. The molecule has 0 radical (unpaired) electrons. The Labute approximate surface area is 200 Å². The van der Waals surface area contributed by atoms with Crippen molar-refractivity contribution in [1.29, 1.82) is 0 Å². The highest BCUT2D eigenvalue weighted by Crippen LogP contribution is 2.42. The van der Waals surface area contributed by atoms with Gasteiger partial charge in [-0.3, -0.25) is 14.5 Å². The molecule has 35 heavy (non-hydrogen) atoms. The molecule has 3 aromatic carbocycles. The highest BCUT2D eigenvalue weighted by Gasteiger charge is 2.45. The fourth-order valence-corrected chi connectivity index (χ4v) is 4.69. The molecule has 0 saturated carbocycles. The summed E-state index contributed by atoms with van der Waals surface area (Å²) in [5, 5.41) is 6.22. The Hall–Kier alpha value is -4.39. The number of hydrogen-bond donors (Lipinski definition) is 0. The number of amides is 1. The van der Waals surface area contributed by atoms with E-state index in [1.165, 1.54) is 4.90 Å². The third kappa shape index (κ3) is 3.31. The fraction of sp³-hybridized carbons (Fsp3) is 0.179. The maximum absolute atomic E-state index is 13.9. The summed E-state index contributed by atoms with van der Waals surface area (Å²) in [6.45, 7) is 4.40. The van der Waals surface area contributed by atoms with E-state index < -0.39 is 11.9 Å².